The molecule has 0 amide bonds. The van der Waals surface area contributed by atoms with Crippen LogP contribution in [-0.2, 0) is 17.6 Å². The zero-order chi connectivity index (χ0) is 11.1. The van der Waals surface area contributed by atoms with Crippen LogP contribution in [0.3, 0.4) is 0 Å². The third-order valence-electron chi connectivity index (χ3n) is 2.32. The molecular weight excluding hydrogens is 190 g/mol. The van der Waals surface area contributed by atoms with Crippen molar-refractivity contribution >= 4 is 5.97 Å². The third kappa shape index (κ3) is 4.61. The van der Waals surface area contributed by atoms with E-state index >= 15 is 0 Å². The van der Waals surface area contributed by atoms with Crippen LogP contribution in [0.15, 0.2) is 24.3 Å². The SMILES string of the molecule is NCCCc1ccc(CCC(=O)O)cc1. The van der Waals surface area contributed by atoms with E-state index in [4.69, 9.17) is 10.8 Å². The number of carbonyl (C=O) groups is 1. The fourth-order valence-electron chi connectivity index (χ4n) is 1.43. The first-order valence-corrected chi connectivity index (χ1v) is 5.22. The Morgan fingerprint density at radius 3 is 2.13 bits per heavy atom. The van der Waals surface area contributed by atoms with Gasteiger partial charge in [-0.05, 0) is 36.9 Å². The van der Waals surface area contributed by atoms with Crippen molar-refractivity contribution in [2.75, 3.05) is 6.54 Å². The molecule has 1 aromatic rings. The number of carboxylic acid groups (broad SMARTS) is 1. The molecule has 0 saturated heterocycles. The average Bonchev–Trinajstić information content (AvgIpc) is 2.25. The highest BCUT2D eigenvalue weighted by atomic mass is 16.4. The van der Waals surface area contributed by atoms with Gasteiger partial charge in [-0.1, -0.05) is 24.3 Å². The average molecular weight is 207 g/mol. The number of hydrogen-bond acceptors (Lipinski definition) is 2. The summed E-state index contributed by atoms with van der Waals surface area (Å²) in [4.78, 5) is 10.4. The Hall–Kier alpha value is -1.35. The molecule has 1 aromatic carbocycles. The summed E-state index contributed by atoms with van der Waals surface area (Å²) in [7, 11) is 0. The van der Waals surface area contributed by atoms with Crippen LogP contribution in [0.5, 0.6) is 0 Å². The second-order valence-electron chi connectivity index (χ2n) is 3.60. The van der Waals surface area contributed by atoms with Crippen molar-refractivity contribution in [1.29, 1.82) is 0 Å². The van der Waals surface area contributed by atoms with Crippen LogP contribution in [0.25, 0.3) is 0 Å². The Balaban J connectivity index is 2.45. The lowest BCUT2D eigenvalue weighted by Crippen LogP contribution is -2.00. The van der Waals surface area contributed by atoms with E-state index < -0.39 is 5.97 Å². The van der Waals surface area contributed by atoms with Crippen molar-refractivity contribution in [3.05, 3.63) is 35.4 Å². The number of aliphatic carboxylic acids is 1. The number of aryl methyl sites for hydroxylation is 2. The number of rotatable bonds is 6. The molecule has 0 aliphatic carbocycles. The lowest BCUT2D eigenvalue weighted by Gasteiger charge is -2.02. The molecule has 0 atom stereocenters. The minimum Gasteiger partial charge on any atom is -0.481 e. The number of hydrogen-bond donors (Lipinski definition) is 2. The lowest BCUT2D eigenvalue weighted by molar-refractivity contribution is -0.136. The highest BCUT2D eigenvalue weighted by molar-refractivity contribution is 5.67. The lowest BCUT2D eigenvalue weighted by atomic mass is 10.0. The van der Waals surface area contributed by atoms with Crippen LogP contribution >= 0.6 is 0 Å². The van der Waals surface area contributed by atoms with Crippen LogP contribution in [0.1, 0.15) is 24.0 Å². The predicted octanol–water partition coefficient (Wildman–Crippen LogP) is 1.60. The van der Waals surface area contributed by atoms with Gasteiger partial charge in [0.1, 0.15) is 0 Å². The molecule has 1 rings (SSSR count). The molecular formula is C12H17NO2. The monoisotopic (exact) mass is 207 g/mol. The van der Waals surface area contributed by atoms with Gasteiger partial charge in [0.05, 0.1) is 0 Å². The minimum atomic E-state index is -0.748. The highest BCUT2D eigenvalue weighted by Gasteiger charge is 1.99. The van der Waals surface area contributed by atoms with Gasteiger partial charge in [-0.3, -0.25) is 4.79 Å². The summed E-state index contributed by atoms with van der Waals surface area (Å²) >= 11 is 0. The third-order valence-corrected chi connectivity index (χ3v) is 2.32. The molecule has 0 spiro atoms. The van der Waals surface area contributed by atoms with E-state index in [1.807, 2.05) is 24.3 Å². The molecule has 15 heavy (non-hydrogen) atoms. The second-order valence-corrected chi connectivity index (χ2v) is 3.60. The van der Waals surface area contributed by atoms with E-state index in [-0.39, 0.29) is 6.42 Å². The Labute approximate surface area is 89.9 Å². The van der Waals surface area contributed by atoms with E-state index in [2.05, 4.69) is 0 Å². The Kier molecular flexibility index (Phi) is 4.84. The van der Waals surface area contributed by atoms with E-state index in [0.29, 0.717) is 13.0 Å². The van der Waals surface area contributed by atoms with Crippen molar-refractivity contribution in [3.63, 3.8) is 0 Å². The standard InChI is InChI=1S/C12H17NO2/c13-9-1-2-10-3-5-11(6-4-10)7-8-12(14)15/h3-6H,1-2,7-9,13H2,(H,14,15). The zero-order valence-electron chi connectivity index (χ0n) is 8.78. The van der Waals surface area contributed by atoms with Crippen LogP contribution < -0.4 is 5.73 Å². The van der Waals surface area contributed by atoms with Gasteiger partial charge in [0, 0.05) is 6.42 Å². The molecule has 3 heteroatoms. The maximum atomic E-state index is 10.4. The molecule has 0 saturated carbocycles. The van der Waals surface area contributed by atoms with Crippen LogP contribution in [0.4, 0.5) is 0 Å². The van der Waals surface area contributed by atoms with Gasteiger partial charge in [-0.25, -0.2) is 0 Å². The van der Waals surface area contributed by atoms with Gasteiger partial charge in [-0.2, -0.15) is 0 Å². The predicted molar refractivity (Wildman–Crippen MR) is 59.8 cm³/mol. The van der Waals surface area contributed by atoms with Crippen molar-refractivity contribution in [3.8, 4) is 0 Å². The Bertz CT molecular complexity index is 306. The van der Waals surface area contributed by atoms with Crippen LogP contribution in [0.2, 0.25) is 0 Å². The van der Waals surface area contributed by atoms with Crippen molar-refractivity contribution in [1.82, 2.24) is 0 Å². The molecule has 3 nitrogen and oxygen atoms in total. The largest absolute Gasteiger partial charge is 0.481 e. The molecule has 0 aliphatic heterocycles. The Morgan fingerprint density at radius 1 is 1.13 bits per heavy atom. The molecule has 0 heterocycles. The van der Waals surface area contributed by atoms with E-state index in [1.54, 1.807) is 0 Å². The summed E-state index contributed by atoms with van der Waals surface area (Å²) in [6, 6.07) is 8.09. The summed E-state index contributed by atoms with van der Waals surface area (Å²) in [6.07, 6.45) is 2.79. The molecule has 0 aromatic heterocycles. The molecule has 3 N–H and O–H groups in total. The number of carboxylic acids is 1. The van der Waals surface area contributed by atoms with Crippen LogP contribution in [0, 0.1) is 0 Å². The first kappa shape index (κ1) is 11.7. The van der Waals surface area contributed by atoms with E-state index in [0.717, 1.165) is 18.4 Å². The maximum Gasteiger partial charge on any atom is 0.303 e. The minimum absolute atomic E-state index is 0.197. The van der Waals surface area contributed by atoms with Gasteiger partial charge in [0.2, 0.25) is 0 Å². The molecule has 82 valence electrons. The molecule has 0 unspecified atom stereocenters. The zero-order valence-corrected chi connectivity index (χ0v) is 8.78. The topological polar surface area (TPSA) is 63.3 Å². The fourth-order valence-corrected chi connectivity index (χ4v) is 1.43. The van der Waals surface area contributed by atoms with E-state index in [9.17, 15) is 4.79 Å². The van der Waals surface area contributed by atoms with Gasteiger partial charge in [0.15, 0.2) is 0 Å². The van der Waals surface area contributed by atoms with Gasteiger partial charge >= 0.3 is 5.97 Å². The quantitative estimate of drug-likeness (QED) is 0.744. The van der Waals surface area contributed by atoms with Crippen molar-refractivity contribution < 1.29 is 9.90 Å². The van der Waals surface area contributed by atoms with Gasteiger partial charge in [-0.15, -0.1) is 0 Å². The number of benzene rings is 1. The normalized spacial score (nSPS) is 10.2. The molecule has 0 bridgehead atoms. The summed E-state index contributed by atoms with van der Waals surface area (Å²) in [5.74, 6) is -0.748. The molecule has 0 radical (unpaired) electrons. The van der Waals surface area contributed by atoms with Crippen LogP contribution in [-0.4, -0.2) is 17.6 Å². The summed E-state index contributed by atoms with van der Waals surface area (Å²) in [5, 5.41) is 8.53. The smallest absolute Gasteiger partial charge is 0.303 e. The molecule has 0 fully saturated rings. The van der Waals surface area contributed by atoms with E-state index in [1.165, 1.54) is 5.56 Å². The first-order valence-electron chi connectivity index (χ1n) is 5.22. The number of nitrogens with two attached hydrogens (primary N) is 1. The summed E-state index contributed by atoms with van der Waals surface area (Å²) in [5.41, 5.74) is 7.76. The van der Waals surface area contributed by atoms with Crippen molar-refractivity contribution in [2.24, 2.45) is 5.73 Å². The first-order chi connectivity index (χ1) is 7.22. The van der Waals surface area contributed by atoms with Crippen molar-refractivity contribution in [2.45, 2.75) is 25.7 Å². The highest BCUT2D eigenvalue weighted by Crippen LogP contribution is 2.08. The second kappa shape index (κ2) is 6.19. The molecule has 0 aliphatic rings. The summed E-state index contributed by atoms with van der Waals surface area (Å²) < 4.78 is 0. The van der Waals surface area contributed by atoms with Gasteiger partial charge < -0.3 is 10.8 Å². The summed E-state index contributed by atoms with van der Waals surface area (Å²) in [6.45, 7) is 0.709. The van der Waals surface area contributed by atoms with Gasteiger partial charge in [0.25, 0.3) is 0 Å². The Morgan fingerprint density at radius 2 is 1.67 bits per heavy atom. The fraction of sp³-hybridized carbons (Fsp3) is 0.417. The maximum absolute atomic E-state index is 10.4.